The maximum Gasteiger partial charge on any atom is 0.224 e. The Morgan fingerprint density at radius 3 is 2.63 bits per heavy atom. The van der Waals surface area contributed by atoms with Gasteiger partial charge in [-0.2, -0.15) is 0 Å². The van der Waals surface area contributed by atoms with E-state index < -0.39 is 0 Å². The normalized spacial score (nSPS) is 21.4. The molecule has 1 amide bonds. The van der Waals surface area contributed by atoms with Gasteiger partial charge in [0.05, 0.1) is 5.92 Å². The lowest BCUT2D eigenvalue weighted by Crippen LogP contribution is -2.50. The molecule has 0 aromatic carbocycles. The minimum Gasteiger partial charge on any atom is -0.355 e. The van der Waals surface area contributed by atoms with Crippen molar-refractivity contribution in [1.29, 1.82) is 0 Å². The Bertz CT molecular complexity index is 777. The summed E-state index contributed by atoms with van der Waals surface area (Å²) in [6.45, 7) is 5.97. The lowest BCUT2D eigenvalue weighted by molar-refractivity contribution is -0.127. The summed E-state index contributed by atoms with van der Waals surface area (Å²) in [7, 11) is 0. The quantitative estimate of drug-likeness (QED) is 0.764. The SMILES string of the molecule is O=C(NCCc1ccccn1)C1CCCN(C2CCN(Cc3ccncc3)CC2)C1. The van der Waals surface area contributed by atoms with Gasteiger partial charge in [0.1, 0.15) is 0 Å². The van der Waals surface area contributed by atoms with Crippen molar-refractivity contribution < 1.29 is 4.79 Å². The first-order chi connectivity index (χ1) is 14.8. The molecule has 2 aliphatic rings. The third-order valence-corrected chi connectivity index (χ3v) is 6.46. The molecular formula is C24H33N5O. The van der Waals surface area contributed by atoms with Crippen molar-refractivity contribution in [2.45, 2.75) is 44.7 Å². The zero-order valence-corrected chi connectivity index (χ0v) is 17.7. The number of hydrogen-bond acceptors (Lipinski definition) is 5. The predicted octanol–water partition coefficient (Wildman–Crippen LogP) is 2.51. The lowest BCUT2D eigenvalue weighted by atomic mass is 9.93. The Morgan fingerprint density at radius 2 is 1.87 bits per heavy atom. The Kier molecular flexibility index (Phi) is 7.43. The molecule has 0 saturated carbocycles. The van der Waals surface area contributed by atoms with Gasteiger partial charge in [0.25, 0.3) is 0 Å². The van der Waals surface area contributed by atoms with Gasteiger partial charge in [-0.3, -0.25) is 24.6 Å². The molecule has 0 radical (unpaired) electrons. The number of piperidine rings is 2. The first-order valence-corrected chi connectivity index (χ1v) is 11.3. The van der Waals surface area contributed by atoms with Crippen molar-refractivity contribution in [1.82, 2.24) is 25.1 Å². The molecule has 2 aromatic rings. The van der Waals surface area contributed by atoms with Crippen molar-refractivity contribution in [2.75, 3.05) is 32.7 Å². The molecular weight excluding hydrogens is 374 g/mol. The van der Waals surface area contributed by atoms with Gasteiger partial charge in [0.15, 0.2) is 0 Å². The fraction of sp³-hybridized carbons (Fsp3) is 0.542. The summed E-state index contributed by atoms with van der Waals surface area (Å²) in [6.07, 6.45) is 10.9. The molecule has 1 unspecified atom stereocenters. The highest BCUT2D eigenvalue weighted by molar-refractivity contribution is 5.78. The van der Waals surface area contributed by atoms with Crippen LogP contribution in [0.1, 0.15) is 36.9 Å². The number of pyridine rings is 2. The predicted molar refractivity (Wildman–Crippen MR) is 118 cm³/mol. The van der Waals surface area contributed by atoms with Crippen LogP contribution in [0.2, 0.25) is 0 Å². The molecule has 30 heavy (non-hydrogen) atoms. The summed E-state index contributed by atoms with van der Waals surface area (Å²) in [5.41, 5.74) is 2.37. The highest BCUT2D eigenvalue weighted by Crippen LogP contribution is 2.24. The number of nitrogens with zero attached hydrogens (tertiary/aromatic N) is 4. The van der Waals surface area contributed by atoms with Gasteiger partial charge in [0, 0.05) is 56.4 Å². The van der Waals surface area contributed by atoms with E-state index in [9.17, 15) is 4.79 Å². The molecule has 4 rings (SSSR count). The first kappa shape index (κ1) is 20.9. The van der Waals surface area contributed by atoms with E-state index >= 15 is 0 Å². The minimum atomic E-state index is 0.123. The Hall–Kier alpha value is -2.31. The van der Waals surface area contributed by atoms with Gasteiger partial charge in [-0.05, 0) is 75.1 Å². The van der Waals surface area contributed by atoms with Crippen LogP contribution in [-0.4, -0.2) is 64.4 Å². The first-order valence-electron chi connectivity index (χ1n) is 11.3. The van der Waals surface area contributed by atoms with E-state index in [1.807, 2.05) is 30.6 Å². The van der Waals surface area contributed by atoms with Crippen LogP contribution in [0.15, 0.2) is 48.9 Å². The second kappa shape index (κ2) is 10.6. The van der Waals surface area contributed by atoms with Crippen LogP contribution < -0.4 is 5.32 Å². The van der Waals surface area contributed by atoms with Crippen LogP contribution in [0.25, 0.3) is 0 Å². The fourth-order valence-electron chi connectivity index (χ4n) is 4.75. The van der Waals surface area contributed by atoms with Gasteiger partial charge < -0.3 is 5.32 Å². The Morgan fingerprint density at radius 1 is 1.03 bits per heavy atom. The maximum atomic E-state index is 12.7. The van der Waals surface area contributed by atoms with Gasteiger partial charge in [-0.1, -0.05) is 6.07 Å². The van der Waals surface area contributed by atoms with Crippen LogP contribution in [0.4, 0.5) is 0 Å². The number of hydrogen-bond donors (Lipinski definition) is 1. The highest BCUT2D eigenvalue weighted by Gasteiger charge is 2.31. The molecule has 0 bridgehead atoms. The van der Waals surface area contributed by atoms with Crippen LogP contribution in [0.5, 0.6) is 0 Å². The van der Waals surface area contributed by atoms with E-state index in [0.29, 0.717) is 12.6 Å². The van der Waals surface area contributed by atoms with Gasteiger partial charge >= 0.3 is 0 Å². The number of carbonyl (C=O) groups is 1. The second-order valence-corrected chi connectivity index (χ2v) is 8.56. The molecule has 0 aliphatic carbocycles. The number of amides is 1. The van der Waals surface area contributed by atoms with Crippen molar-refractivity contribution >= 4 is 5.91 Å². The van der Waals surface area contributed by atoms with Crippen molar-refractivity contribution in [3.8, 4) is 0 Å². The summed E-state index contributed by atoms with van der Waals surface area (Å²) >= 11 is 0. The number of nitrogens with one attached hydrogen (secondary N) is 1. The third-order valence-electron chi connectivity index (χ3n) is 6.46. The topological polar surface area (TPSA) is 61.4 Å². The number of carbonyl (C=O) groups excluding carboxylic acids is 1. The largest absolute Gasteiger partial charge is 0.355 e. The van der Waals surface area contributed by atoms with Crippen LogP contribution in [0, 0.1) is 5.92 Å². The van der Waals surface area contributed by atoms with E-state index in [-0.39, 0.29) is 11.8 Å². The van der Waals surface area contributed by atoms with Gasteiger partial charge in [0.2, 0.25) is 5.91 Å². The molecule has 6 heteroatoms. The second-order valence-electron chi connectivity index (χ2n) is 8.56. The zero-order valence-electron chi connectivity index (χ0n) is 17.7. The summed E-state index contributed by atoms with van der Waals surface area (Å²) in [4.78, 5) is 26.3. The molecule has 4 heterocycles. The monoisotopic (exact) mass is 407 g/mol. The zero-order chi connectivity index (χ0) is 20.6. The average molecular weight is 408 g/mol. The Labute approximate surface area is 179 Å². The molecule has 1 atom stereocenters. The summed E-state index contributed by atoms with van der Waals surface area (Å²) in [5, 5.41) is 3.14. The fourth-order valence-corrected chi connectivity index (χ4v) is 4.75. The number of likely N-dealkylation sites (tertiary alicyclic amines) is 2. The minimum absolute atomic E-state index is 0.123. The number of rotatable bonds is 7. The summed E-state index contributed by atoms with van der Waals surface area (Å²) in [6, 6.07) is 10.7. The van der Waals surface area contributed by atoms with Gasteiger partial charge in [-0.15, -0.1) is 0 Å². The summed E-state index contributed by atoms with van der Waals surface area (Å²) in [5.74, 6) is 0.336. The van der Waals surface area contributed by atoms with Crippen molar-refractivity contribution in [3.05, 3.63) is 60.2 Å². The van der Waals surface area contributed by atoms with Crippen molar-refractivity contribution in [3.63, 3.8) is 0 Å². The van der Waals surface area contributed by atoms with E-state index in [0.717, 1.165) is 57.7 Å². The van der Waals surface area contributed by atoms with E-state index in [1.165, 1.54) is 18.4 Å². The molecule has 2 aliphatic heterocycles. The molecule has 2 fully saturated rings. The average Bonchev–Trinajstić information content (AvgIpc) is 2.81. The van der Waals surface area contributed by atoms with Crippen LogP contribution in [-0.2, 0) is 17.8 Å². The standard InChI is InChI=1S/C24H33N5O/c30-24(27-14-8-22-5-1-2-11-26-22)21-4-3-15-29(19-21)23-9-16-28(17-10-23)18-20-6-12-25-13-7-20/h1-2,5-7,11-13,21,23H,3-4,8-10,14-19H2,(H,27,30). The number of aromatic nitrogens is 2. The van der Waals surface area contributed by atoms with Crippen LogP contribution >= 0.6 is 0 Å². The molecule has 6 nitrogen and oxygen atoms in total. The molecule has 160 valence electrons. The van der Waals surface area contributed by atoms with Crippen molar-refractivity contribution in [2.24, 2.45) is 5.92 Å². The van der Waals surface area contributed by atoms with Crippen LogP contribution in [0.3, 0.4) is 0 Å². The maximum absolute atomic E-state index is 12.7. The molecule has 1 N–H and O–H groups in total. The highest BCUT2D eigenvalue weighted by atomic mass is 16.1. The molecule has 2 saturated heterocycles. The van der Waals surface area contributed by atoms with E-state index in [1.54, 1.807) is 6.20 Å². The van der Waals surface area contributed by atoms with E-state index in [2.05, 4.69) is 37.2 Å². The van der Waals surface area contributed by atoms with Gasteiger partial charge in [-0.25, -0.2) is 0 Å². The lowest BCUT2D eigenvalue weighted by Gasteiger charge is -2.42. The Balaban J connectivity index is 1.20. The van der Waals surface area contributed by atoms with E-state index in [4.69, 9.17) is 0 Å². The molecule has 2 aromatic heterocycles. The molecule has 0 spiro atoms. The smallest absolute Gasteiger partial charge is 0.224 e. The third kappa shape index (κ3) is 5.86. The summed E-state index contributed by atoms with van der Waals surface area (Å²) < 4.78 is 0.